The summed E-state index contributed by atoms with van der Waals surface area (Å²) in [6.45, 7) is 1.88. The molecule has 0 aliphatic rings. The van der Waals surface area contributed by atoms with E-state index in [1.165, 1.54) is 18.3 Å². The summed E-state index contributed by atoms with van der Waals surface area (Å²) in [5.74, 6) is -0.497. The van der Waals surface area contributed by atoms with Gasteiger partial charge in [-0.15, -0.1) is 0 Å². The number of hydrogen-bond donors (Lipinski definition) is 0. The molecule has 102 valence electrons. The van der Waals surface area contributed by atoms with Gasteiger partial charge in [-0.25, -0.2) is 21.8 Å². The molecule has 0 spiro atoms. The van der Waals surface area contributed by atoms with Crippen molar-refractivity contribution in [1.29, 1.82) is 0 Å². The average Bonchev–Trinajstić information content (AvgIpc) is 2.82. The van der Waals surface area contributed by atoms with Crippen LogP contribution in [-0.2, 0) is 10.0 Å². The van der Waals surface area contributed by atoms with Crippen molar-refractivity contribution in [2.75, 3.05) is 0 Å². The molecule has 0 aliphatic carbocycles. The minimum atomic E-state index is -3.72. The maximum atomic E-state index is 13.1. The van der Waals surface area contributed by atoms with Crippen LogP contribution in [0.5, 0.6) is 0 Å². The fraction of sp³-hybridized carbons (Fsp3) is 0.0714. The van der Waals surface area contributed by atoms with Crippen molar-refractivity contribution in [1.82, 2.24) is 8.96 Å². The van der Waals surface area contributed by atoms with Gasteiger partial charge in [-0.1, -0.05) is 17.7 Å². The average molecular weight is 290 g/mol. The lowest BCUT2D eigenvalue weighted by atomic mass is 10.2. The molecule has 0 unspecified atom stereocenters. The zero-order valence-corrected chi connectivity index (χ0v) is 11.4. The lowest BCUT2D eigenvalue weighted by molar-refractivity contribution is 0.588. The maximum absolute atomic E-state index is 13.1. The summed E-state index contributed by atoms with van der Waals surface area (Å²) in [5, 5.41) is 0.445. The van der Waals surface area contributed by atoms with E-state index in [-0.39, 0.29) is 10.5 Å². The molecule has 4 nitrogen and oxygen atoms in total. The van der Waals surface area contributed by atoms with Crippen LogP contribution in [0.15, 0.2) is 53.7 Å². The van der Waals surface area contributed by atoms with Gasteiger partial charge in [-0.3, -0.25) is 0 Å². The Labute approximate surface area is 115 Å². The van der Waals surface area contributed by atoms with Crippen LogP contribution in [0, 0.1) is 12.7 Å². The van der Waals surface area contributed by atoms with Gasteiger partial charge in [0.25, 0.3) is 10.0 Å². The second-order valence-corrected chi connectivity index (χ2v) is 6.31. The third-order valence-electron chi connectivity index (χ3n) is 3.04. The minimum Gasteiger partial charge on any atom is -0.234 e. The molecule has 0 fully saturated rings. The molecule has 0 atom stereocenters. The normalized spacial score (nSPS) is 11.9. The Kier molecular flexibility index (Phi) is 2.83. The fourth-order valence-electron chi connectivity index (χ4n) is 1.99. The van der Waals surface area contributed by atoms with Crippen LogP contribution in [-0.4, -0.2) is 17.4 Å². The first-order chi connectivity index (χ1) is 9.48. The van der Waals surface area contributed by atoms with E-state index in [0.717, 1.165) is 15.7 Å². The van der Waals surface area contributed by atoms with E-state index in [1.54, 1.807) is 24.3 Å². The molecule has 3 aromatic rings. The van der Waals surface area contributed by atoms with Gasteiger partial charge in [0.05, 0.1) is 11.1 Å². The topological polar surface area (TPSA) is 52.0 Å². The summed E-state index contributed by atoms with van der Waals surface area (Å²) in [5.41, 5.74) is 1.19. The molecule has 2 heterocycles. The van der Waals surface area contributed by atoms with Gasteiger partial charge in [-0.05, 0) is 31.2 Å². The van der Waals surface area contributed by atoms with Crippen LogP contribution in [0.4, 0.5) is 4.39 Å². The molecule has 0 saturated carbocycles. The standard InChI is InChI=1S/C14H11FN2O2S/c1-10-2-4-13(5-3-10)20(18,19)17-7-6-11-8-12(15)9-16-14(11)17/h2-9H,1H3. The van der Waals surface area contributed by atoms with Crippen LogP contribution >= 0.6 is 0 Å². The van der Waals surface area contributed by atoms with Crippen LogP contribution < -0.4 is 0 Å². The van der Waals surface area contributed by atoms with Gasteiger partial charge >= 0.3 is 0 Å². The van der Waals surface area contributed by atoms with Crippen molar-refractivity contribution in [2.24, 2.45) is 0 Å². The largest absolute Gasteiger partial charge is 0.269 e. The summed E-state index contributed by atoms with van der Waals surface area (Å²) in [7, 11) is -3.72. The highest BCUT2D eigenvalue weighted by Crippen LogP contribution is 2.21. The van der Waals surface area contributed by atoms with E-state index in [4.69, 9.17) is 0 Å². The highest BCUT2D eigenvalue weighted by molar-refractivity contribution is 7.90. The van der Waals surface area contributed by atoms with Gasteiger partial charge < -0.3 is 0 Å². The van der Waals surface area contributed by atoms with Crippen molar-refractivity contribution in [3.8, 4) is 0 Å². The highest BCUT2D eigenvalue weighted by atomic mass is 32.2. The van der Waals surface area contributed by atoms with E-state index in [2.05, 4.69) is 4.98 Å². The molecule has 0 N–H and O–H groups in total. The quantitative estimate of drug-likeness (QED) is 0.729. The second kappa shape index (κ2) is 4.42. The lowest BCUT2D eigenvalue weighted by Crippen LogP contribution is -2.12. The van der Waals surface area contributed by atoms with Gasteiger partial charge in [0, 0.05) is 11.6 Å². The number of rotatable bonds is 2. The Hall–Kier alpha value is -2.21. The predicted molar refractivity (Wildman–Crippen MR) is 73.5 cm³/mol. The zero-order valence-electron chi connectivity index (χ0n) is 10.6. The van der Waals surface area contributed by atoms with E-state index in [1.807, 2.05) is 6.92 Å². The Morgan fingerprint density at radius 3 is 2.55 bits per heavy atom. The first-order valence-corrected chi connectivity index (χ1v) is 7.37. The Bertz CT molecular complexity index is 883. The summed E-state index contributed by atoms with van der Waals surface area (Å²) in [4.78, 5) is 4.03. The monoisotopic (exact) mass is 290 g/mol. The molecule has 0 aliphatic heterocycles. The summed E-state index contributed by atoms with van der Waals surface area (Å²) in [6, 6.07) is 9.32. The molecular weight excluding hydrogens is 279 g/mol. The molecule has 0 radical (unpaired) electrons. The maximum Gasteiger partial charge on any atom is 0.269 e. The fourth-order valence-corrected chi connectivity index (χ4v) is 3.30. The smallest absolute Gasteiger partial charge is 0.234 e. The van der Waals surface area contributed by atoms with Crippen LogP contribution in [0.2, 0.25) is 0 Å². The first-order valence-electron chi connectivity index (χ1n) is 5.93. The summed E-state index contributed by atoms with van der Waals surface area (Å²) < 4.78 is 39.2. The number of benzene rings is 1. The molecule has 1 aromatic carbocycles. The molecular formula is C14H11FN2O2S. The first kappa shape index (κ1) is 12.8. The molecule has 20 heavy (non-hydrogen) atoms. The molecule has 2 aromatic heterocycles. The van der Waals surface area contributed by atoms with E-state index in [0.29, 0.717) is 5.39 Å². The van der Waals surface area contributed by atoms with Gasteiger partial charge in [0.15, 0.2) is 5.65 Å². The molecule has 6 heteroatoms. The van der Waals surface area contributed by atoms with Gasteiger partial charge in [-0.2, -0.15) is 0 Å². The highest BCUT2D eigenvalue weighted by Gasteiger charge is 2.19. The minimum absolute atomic E-state index is 0.173. The number of hydrogen-bond acceptors (Lipinski definition) is 3. The molecule has 3 rings (SSSR count). The van der Waals surface area contributed by atoms with E-state index < -0.39 is 15.8 Å². The van der Waals surface area contributed by atoms with Crippen molar-refractivity contribution in [3.05, 3.63) is 60.2 Å². The van der Waals surface area contributed by atoms with Crippen molar-refractivity contribution < 1.29 is 12.8 Å². The molecule has 0 bridgehead atoms. The number of nitrogens with zero attached hydrogens (tertiary/aromatic N) is 2. The molecule has 0 amide bonds. The zero-order chi connectivity index (χ0) is 14.3. The molecule has 0 saturated heterocycles. The Balaban J connectivity index is 2.21. The summed E-state index contributed by atoms with van der Waals surface area (Å²) in [6.07, 6.45) is 2.38. The number of aromatic nitrogens is 2. The third kappa shape index (κ3) is 1.98. The van der Waals surface area contributed by atoms with Gasteiger partial charge in [0.1, 0.15) is 5.82 Å². The third-order valence-corrected chi connectivity index (χ3v) is 4.72. The van der Waals surface area contributed by atoms with Crippen molar-refractivity contribution >= 4 is 21.1 Å². The summed E-state index contributed by atoms with van der Waals surface area (Å²) >= 11 is 0. The van der Waals surface area contributed by atoms with Crippen LogP contribution in [0.3, 0.4) is 0 Å². The predicted octanol–water partition coefficient (Wildman–Crippen LogP) is 2.72. The number of pyridine rings is 1. The number of halogens is 1. The second-order valence-electron chi connectivity index (χ2n) is 4.50. The SMILES string of the molecule is Cc1ccc(S(=O)(=O)n2ccc3cc(F)cnc32)cc1. The van der Waals surface area contributed by atoms with Gasteiger partial charge in [0.2, 0.25) is 0 Å². The van der Waals surface area contributed by atoms with Crippen molar-refractivity contribution in [3.63, 3.8) is 0 Å². The Morgan fingerprint density at radius 2 is 1.85 bits per heavy atom. The van der Waals surface area contributed by atoms with Crippen LogP contribution in [0.25, 0.3) is 11.0 Å². The number of aryl methyl sites for hydroxylation is 1. The Morgan fingerprint density at radius 1 is 1.15 bits per heavy atom. The van der Waals surface area contributed by atoms with E-state index in [9.17, 15) is 12.8 Å². The van der Waals surface area contributed by atoms with Crippen molar-refractivity contribution in [2.45, 2.75) is 11.8 Å². The number of fused-ring (bicyclic) bond motifs is 1. The lowest BCUT2D eigenvalue weighted by Gasteiger charge is -2.07. The van der Waals surface area contributed by atoms with Crippen LogP contribution in [0.1, 0.15) is 5.56 Å². The van der Waals surface area contributed by atoms with E-state index >= 15 is 0 Å².